The molecule has 0 atom stereocenters. The Labute approximate surface area is 93.2 Å². The van der Waals surface area contributed by atoms with E-state index < -0.39 is 5.82 Å². The van der Waals surface area contributed by atoms with E-state index in [1.807, 2.05) is 13.0 Å². The van der Waals surface area contributed by atoms with Crippen molar-refractivity contribution in [2.45, 2.75) is 6.92 Å². The zero-order valence-corrected chi connectivity index (χ0v) is 8.87. The molecule has 0 aliphatic heterocycles. The first-order valence-electron chi connectivity index (χ1n) is 4.93. The lowest BCUT2D eigenvalue weighted by atomic mass is 9.99. The van der Waals surface area contributed by atoms with Crippen LogP contribution in [-0.2, 0) is 0 Å². The summed E-state index contributed by atoms with van der Waals surface area (Å²) in [5, 5.41) is 9.38. The molecule has 0 radical (unpaired) electrons. The van der Waals surface area contributed by atoms with Crippen LogP contribution in [0.5, 0.6) is 5.75 Å². The largest absolute Gasteiger partial charge is 0.508 e. The first kappa shape index (κ1) is 10.5. The van der Waals surface area contributed by atoms with E-state index in [9.17, 15) is 9.50 Å². The Bertz CT molecular complexity index is 537. The van der Waals surface area contributed by atoms with E-state index in [0.29, 0.717) is 0 Å². The van der Waals surface area contributed by atoms with Crippen LogP contribution in [-0.4, -0.2) is 5.11 Å². The van der Waals surface area contributed by atoms with Gasteiger partial charge < -0.3 is 10.8 Å². The lowest BCUT2D eigenvalue weighted by molar-refractivity contribution is 0.475. The number of anilines is 1. The number of nitrogens with two attached hydrogens (primary N) is 1. The van der Waals surface area contributed by atoms with Gasteiger partial charge in [-0.1, -0.05) is 12.1 Å². The first-order valence-corrected chi connectivity index (χ1v) is 4.93. The molecular weight excluding hydrogens is 205 g/mol. The molecule has 3 heteroatoms. The number of phenols is 1. The highest BCUT2D eigenvalue weighted by molar-refractivity contribution is 5.72. The third kappa shape index (κ3) is 1.84. The van der Waals surface area contributed by atoms with Gasteiger partial charge in [0.1, 0.15) is 11.6 Å². The Hall–Kier alpha value is -2.03. The SMILES string of the molecule is Cc1cc(F)c(N)cc1-c1cccc(O)c1. The zero-order chi connectivity index (χ0) is 11.7. The fraction of sp³-hybridized carbons (Fsp3) is 0.0769. The molecule has 16 heavy (non-hydrogen) atoms. The van der Waals surface area contributed by atoms with Gasteiger partial charge in [0.15, 0.2) is 0 Å². The summed E-state index contributed by atoms with van der Waals surface area (Å²) < 4.78 is 13.2. The lowest BCUT2D eigenvalue weighted by Crippen LogP contribution is -1.93. The van der Waals surface area contributed by atoms with E-state index >= 15 is 0 Å². The molecule has 0 spiro atoms. The number of benzene rings is 2. The van der Waals surface area contributed by atoms with Crippen LogP contribution in [0, 0.1) is 12.7 Å². The second kappa shape index (κ2) is 3.85. The standard InChI is InChI=1S/C13H12FNO/c1-8-5-12(14)13(15)7-11(8)9-3-2-4-10(16)6-9/h2-7,16H,15H2,1H3. The zero-order valence-electron chi connectivity index (χ0n) is 8.87. The molecular formula is C13H12FNO. The quantitative estimate of drug-likeness (QED) is 0.721. The number of aryl methyl sites for hydroxylation is 1. The van der Waals surface area contributed by atoms with Crippen molar-refractivity contribution in [2.24, 2.45) is 0 Å². The molecule has 3 N–H and O–H groups in total. The molecule has 2 aromatic rings. The van der Waals surface area contributed by atoms with Crippen molar-refractivity contribution < 1.29 is 9.50 Å². The summed E-state index contributed by atoms with van der Waals surface area (Å²) >= 11 is 0. The molecule has 2 nitrogen and oxygen atoms in total. The molecule has 2 aromatic carbocycles. The summed E-state index contributed by atoms with van der Waals surface area (Å²) in [6.45, 7) is 1.81. The van der Waals surface area contributed by atoms with Crippen LogP contribution in [0.25, 0.3) is 11.1 Å². The number of hydrogen-bond donors (Lipinski definition) is 2. The Morgan fingerprint density at radius 1 is 1.19 bits per heavy atom. The molecule has 0 fully saturated rings. The van der Waals surface area contributed by atoms with Gasteiger partial charge in [-0.2, -0.15) is 0 Å². The van der Waals surface area contributed by atoms with E-state index in [4.69, 9.17) is 5.73 Å². The Morgan fingerprint density at radius 2 is 1.94 bits per heavy atom. The first-order chi connectivity index (χ1) is 7.58. The summed E-state index contributed by atoms with van der Waals surface area (Å²) in [7, 11) is 0. The van der Waals surface area contributed by atoms with Gasteiger partial charge in [-0.05, 0) is 47.9 Å². The highest BCUT2D eigenvalue weighted by atomic mass is 19.1. The minimum absolute atomic E-state index is 0.115. The maximum absolute atomic E-state index is 13.2. The van der Waals surface area contributed by atoms with Crippen LogP contribution < -0.4 is 5.73 Å². The van der Waals surface area contributed by atoms with Gasteiger partial charge in [0.05, 0.1) is 5.69 Å². The fourth-order valence-corrected chi connectivity index (χ4v) is 1.67. The van der Waals surface area contributed by atoms with Crippen molar-refractivity contribution in [1.29, 1.82) is 0 Å². The third-order valence-corrected chi connectivity index (χ3v) is 2.50. The second-order valence-electron chi connectivity index (χ2n) is 3.74. The van der Waals surface area contributed by atoms with Crippen LogP contribution in [0.15, 0.2) is 36.4 Å². The molecule has 0 bridgehead atoms. The second-order valence-corrected chi connectivity index (χ2v) is 3.74. The minimum atomic E-state index is -0.415. The molecule has 0 aromatic heterocycles. The molecule has 0 aliphatic rings. The summed E-state index contributed by atoms with van der Waals surface area (Å²) in [5.41, 5.74) is 8.08. The molecule has 82 valence electrons. The normalized spacial score (nSPS) is 10.4. The van der Waals surface area contributed by atoms with Gasteiger partial charge in [-0.25, -0.2) is 4.39 Å². The van der Waals surface area contributed by atoms with Crippen LogP contribution in [0.2, 0.25) is 0 Å². The van der Waals surface area contributed by atoms with Gasteiger partial charge in [0.25, 0.3) is 0 Å². The molecule has 0 amide bonds. The van der Waals surface area contributed by atoms with Gasteiger partial charge in [-0.3, -0.25) is 0 Å². The molecule has 0 saturated carbocycles. The molecule has 2 rings (SSSR count). The summed E-state index contributed by atoms with van der Waals surface area (Å²) in [6.07, 6.45) is 0. The summed E-state index contributed by atoms with van der Waals surface area (Å²) in [5.74, 6) is -0.235. The smallest absolute Gasteiger partial charge is 0.146 e. The maximum Gasteiger partial charge on any atom is 0.146 e. The van der Waals surface area contributed by atoms with Gasteiger partial charge in [0, 0.05) is 0 Å². The van der Waals surface area contributed by atoms with E-state index in [-0.39, 0.29) is 11.4 Å². The number of rotatable bonds is 1. The van der Waals surface area contributed by atoms with E-state index in [0.717, 1.165) is 16.7 Å². The predicted octanol–water partition coefficient (Wildman–Crippen LogP) is 3.09. The fourth-order valence-electron chi connectivity index (χ4n) is 1.67. The Balaban J connectivity index is 2.60. The number of hydrogen-bond acceptors (Lipinski definition) is 2. The van der Waals surface area contributed by atoms with Crippen molar-refractivity contribution >= 4 is 5.69 Å². The van der Waals surface area contributed by atoms with E-state index in [2.05, 4.69) is 0 Å². The molecule has 0 heterocycles. The monoisotopic (exact) mass is 217 g/mol. The van der Waals surface area contributed by atoms with Crippen molar-refractivity contribution in [3.8, 4) is 16.9 Å². The minimum Gasteiger partial charge on any atom is -0.508 e. The van der Waals surface area contributed by atoms with Crippen molar-refractivity contribution in [2.75, 3.05) is 5.73 Å². The number of phenolic OH excluding ortho intramolecular Hbond substituents is 1. The molecule has 0 unspecified atom stereocenters. The van der Waals surface area contributed by atoms with E-state index in [1.54, 1.807) is 24.3 Å². The van der Waals surface area contributed by atoms with Crippen LogP contribution in [0.1, 0.15) is 5.56 Å². The average Bonchev–Trinajstić information content (AvgIpc) is 2.23. The number of halogens is 1. The van der Waals surface area contributed by atoms with Crippen LogP contribution in [0.4, 0.5) is 10.1 Å². The highest BCUT2D eigenvalue weighted by Gasteiger charge is 2.07. The maximum atomic E-state index is 13.2. The van der Waals surface area contributed by atoms with E-state index in [1.165, 1.54) is 6.07 Å². The van der Waals surface area contributed by atoms with Gasteiger partial charge in [-0.15, -0.1) is 0 Å². The molecule has 0 aliphatic carbocycles. The van der Waals surface area contributed by atoms with Crippen molar-refractivity contribution in [3.63, 3.8) is 0 Å². The van der Waals surface area contributed by atoms with Gasteiger partial charge in [0.2, 0.25) is 0 Å². The highest BCUT2D eigenvalue weighted by Crippen LogP contribution is 2.29. The number of aromatic hydroxyl groups is 1. The van der Waals surface area contributed by atoms with Crippen molar-refractivity contribution in [1.82, 2.24) is 0 Å². The summed E-state index contributed by atoms with van der Waals surface area (Å²) in [4.78, 5) is 0. The Morgan fingerprint density at radius 3 is 2.62 bits per heavy atom. The molecule has 0 saturated heterocycles. The lowest BCUT2D eigenvalue weighted by Gasteiger charge is -2.08. The van der Waals surface area contributed by atoms with Gasteiger partial charge >= 0.3 is 0 Å². The average molecular weight is 217 g/mol. The Kier molecular flexibility index (Phi) is 2.52. The van der Waals surface area contributed by atoms with Crippen LogP contribution >= 0.6 is 0 Å². The van der Waals surface area contributed by atoms with Crippen LogP contribution in [0.3, 0.4) is 0 Å². The van der Waals surface area contributed by atoms with Crippen molar-refractivity contribution in [3.05, 3.63) is 47.8 Å². The predicted molar refractivity (Wildman–Crippen MR) is 62.7 cm³/mol. The summed E-state index contributed by atoms with van der Waals surface area (Å²) in [6, 6.07) is 9.78. The number of nitrogen functional groups attached to an aromatic ring is 1. The topological polar surface area (TPSA) is 46.2 Å². The third-order valence-electron chi connectivity index (χ3n) is 2.50.